The topological polar surface area (TPSA) is 43.1 Å². The van der Waals surface area contributed by atoms with Crippen LogP contribution in [-0.4, -0.2) is 0 Å². The Morgan fingerprint density at radius 2 is 1.75 bits per heavy atom. The Kier molecular flexibility index (Phi) is 19.9. The fourth-order valence-corrected chi connectivity index (χ4v) is 0. The van der Waals surface area contributed by atoms with Crippen molar-refractivity contribution in [2.24, 2.45) is 5.50 Å². The maximum absolute atomic E-state index is 8.74. The normalized spacial score (nSPS) is 5.25. The van der Waals surface area contributed by atoms with Crippen LogP contribution in [0.25, 0.3) is 0 Å². The van der Waals surface area contributed by atoms with E-state index in [9.17, 15) is 0 Å². The molecule has 0 rings (SSSR count). The van der Waals surface area contributed by atoms with Gasteiger partial charge in [-0.15, -0.1) is 5.50 Å². The Labute approximate surface area is 49.8 Å². The summed E-state index contributed by atoms with van der Waals surface area (Å²) >= 11 is 0. The Bertz CT molecular complexity index is 15.5. The second-order valence-corrected chi connectivity index (χ2v) is 0.354. The van der Waals surface area contributed by atoms with Gasteiger partial charge in [-0.1, -0.05) is 4.57 Å². The van der Waals surface area contributed by atoms with Crippen molar-refractivity contribution < 1.29 is 35.7 Å². The van der Waals surface area contributed by atoms with Gasteiger partial charge in [0.05, 0.1) is 0 Å². The van der Waals surface area contributed by atoms with Crippen LogP contribution in [0.3, 0.4) is 0 Å². The third-order valence-corrected chi connectivity index (χ3v) is 0. The van der Waals surface area contributed by atoms with Crippen LogP contribution in [0.4, 0.5) is 0 Å². The largest absolute Gasteiger partial charge is 0.415 e. The number of rotatable bonds is 0. The van der Waals surface area contributed by atoms with Crippen LogP contribution in [-0.2, 0) is 4.57 Å². The van der Waals surface area contributed by atoms with E-state index in [0.29, 0.717) is 0 Å². The van der Waals surface area contributed by atoms with E-state index in [1.807, 2.05) is 0 Å². The summed E-state index contributed by atoms with van der Waals surface area (Å²) in [5.41, 5.74) is 4.32. The molecule has 0 radical (unpaired) electrons. The molecule has 0 aliphatic heterocycles. The van der Waals surface area contributed by atoms with E-state index in [-0.39, 0.29) is 31.1 Å². The van der Waals surface area contributed by atoms with E-state index >= 15 is 0 Å². The van der Waals surface area contributed by atoms with Crippen molar-refractivity contribution in [2.45, 2.75) is 0 Å². The minimum Gasteiger partial charge on any atom is -0.124 e. The molecule has 0 spiro atoms. The molecule has 0 aromatic rings. The minimum atomic E-state index is -0.667. The Morgan fingerprint density at radius 1 is 1.75 bits per heavy atom. The summed E-state index contributed by atoms with van der Waals surface area (Å²) in [7, 11) is -0.667. The standard InChI is InChI=1S/H2NOP.U/c1-3-2;/h(H2,1,2);/p+1. The zero-order valence-electron chi connectivity index (χ0n) is 1.99. The second-order valence-electron chi connectivity index (χ2n) is 0.118. The average molecular weight is 302 g/mol. The summed E-state index contributed by atoms with van der Waals surface area (Å²) in [6, 6.07) is 0. The number of nitrogens with two attached hydrogens (primary N) is 1. The predicted octanol–water partition coefficient (Wildman–Crippen LogP) is -0.116. The molecule has 22 valence electrons. The van der Waals surface area contributed by atoms with Crippen LogP contribution in [0, 0.1) is 31.1 Å². The van der Waals surface area contributed by atoms with Crippen molar-refractivity contribution in [1.82, 2.24) is 0 Å². The molecule has 0 aromatic carbocycles. The van der Waals surface area contributed by atoms with Gasteiger partial charge in [-0.3, -0.25) is 0 Å². The number of hydrogen-bond acceptors (Lipinski definition) is 1. The quantitative estimate of drug-likeness (QED) is 0.634. The van der Waals surface area contributed by atoms with Crippen LogP contribution in [0.1, 0.15) is 0 Å². The van der Waals surface area contributed by atoms with Gasteiger partial charge in [0.25, 0.3) is 0 Å². The Morgan fingerprint density at radius 3 is 1.75 bits per heavy atom. The van der Waals surface area contributed by atoms with Gasteiger partial charge in [-0.25, -0.2) is 0 Å². The zero-order chi connectivity index (χ0) is 2.71. The van der Waals surface area contributed by atoms with Crippen LogP contribution in [0.2, 0.25) is 0 Å². The van der Waals surface area contributed by atoms with Crippen molar-refractivity contribution in [2.75, 3.05) is 0 Å². The summed E-state index contributed by atoms with van der Waals surface area (Å²) in [4.78, 5) is 0. The first-order valence-corrected chi connectivity index (χ1v) is 1.48. The molecule has 0 aromatic heterocycles. The summed E-state index contributed by atoms with van der Waals surface area (Å²) in [5.74, 6) is 0. The fraction of sp³-hybridized carbons (Fsp3) is 0. The van der Waals surface area contributed by atoms with E-state index in [1.165, 1.54) is 0 Å². The van der Waals surface area contributed by atoms with Gasteiger partial charge in [0.15, 0.2) is 0 Å². The van der Waals surface area contributed by atoms with Gasteiger partial charge in [-0.05, 0) is 0 Å². The predicted molar refractivity (Wildman–Crippen MR) is 13.2 cm³/mol. The third-order valence-electron chi connectivity index (χ3n) is 0. The monoisotopic (exact) mass is 302 g/mol. The van der Waals surface area contributed by atoms with Gasteiger partial charge in [0.1, 0.15) is 0 Å². The first-order chi connectivity index (χ1) is 1.41. The van der Waals surface area contributed by atoms with Crippen molar-refractivity contribution >= 4 is 8.61 Å². The van der Waals surface area contributed by atoms with Gasteiger partial charge in [-0.2, -0.15) is 0 Å². The summed E-state index contributed by atoms with van der Waals surface area (Å²) in [6.07, 6.45) is 0. The molecule has 0 heterocycles. The zero-order valence-corrected chi connectivity index (χ0v) is 7.15. The SMILES string of the molecule is N[PH+]=O.[U]. The molecule has 1 atom stereocenters. The molecular weight excluding hydrogens is 299 g/mol. The van der Waals surface area contributed by atoms with Gasteiger partial charge < -0.3 is 0 Å². The van der Waals surface area contributed by atoms with Crippen LogP contribution in [0.5, 0.6) is 0 Å². The summed E-state index contributed by atoms with van der Waals surface area (Å²) in [5, 5.41) is 0. The van der Waals surface area contributed by atoms with Gasteiger partial charge >= 0.3 is 8.61 Å². The average Bonchev–Trinajstić information content (AvgIpc) is 0.918. The smallest absolute Gasteiger partial charge is 0.124 e. The van der Waals surface area contributed by atoms with E-state index in [4.69, 9.17) is 4.57 Å². The summed E-state index contributed by atoms with van der Waals surface area (Å²) < 4.78 is 8.74. The van der Waals surface area contributed by atoms with Crippen LogP contribution < -0.4 is 5.50 Å². The minimum absolute atomic E-state index is 0. The second kappa shape index (κ2) is 8.93. The molecule has 2 N–H and O–H groups in total. The molecule has 0 aliphatic carbocycles. The van der Waals surface area contributed by atoms with Gasteiger partial charge in [0, 0.05) is 31.1 Å². The molecule has 0 saturated carbocycles. The Hall–Kier alpha value is 1.11. The molecule has 0 amide bonds. The molecule has 0 bridgehead atoms. The third kappa shape index (κ3) is 11.2. The summed E-state index contributed by atoms with van der Waals surface area (Å²) in [6.45, 7) is 0. The molecule has 1 unspecified atom stereocenters. The molecule has 4 heavy (non-hydrogen) atoms. The molecular formula is H3NOPU+. The molecule has 0 fully saturated rings. The first-order valence-electron chi connectivity index (χ1n) is 0.493. The van der Waals surface area contributed by atoms with Crippen molar-refractivity contribution in [1.29, 1.82) is 0 Å². The molecule has 0 saturated heterocycles. The number of hydrogen-bond donors (Lipinski definition) is 1. The molecule has 4 heteroatoms. The fourth-order valence-electron chi connectivity index (χ4n) is 0. The molecule has 0 aliphatic rings. The van der Waals surface area contributed by atoms with E-state index in [2.05, 4.69) is 5.50 Å². The van der Waals surface area contributed by atoms with Crippen molar-refractivity contribution in [3.63, 3.8) is 0 Å². The van der Waals surface area contributed by atoms with Crippen LogP contribution in [0.15, 0.2) is 0 Å². The molecule has 2 nitrogen and oxygen atoms in total. The van der Waals surface area contributed by atoms with Gasteiger partial charge in [0.2, 0.25) is 0 Å². The van der Waals surface area contributed by atoms with E-state index in [0.717, 1.165) is 0 Å². The van der Waals surface area contributed by atoms with Crippen molar-refractivity contribution in [3.8, 4) is 0 Å². The van der Waals surface area contributed by atoms with Crippen LogP contribution >= 0.6 is 8.61 Å². The maximum Gasteiger partial charge on any atom is 0.415 e. The first kappa shape index (κ1) is 8.93. The Balaban J connectivity index is 0. The maximum atomic E-state index is 8.74. The van der Waals surface area contributed by atoms with Crippen molar-refractivity contribution in [3.05, 3.63) is 0 Å². The van der Waals surface area contributed by atoms with E-state index in [1.54, 1.807) is 0 Å². The van der Waals surface area contributed by atoms with E-state index < -0.39 is 8.61 Å².